The highest BCUT2D eigenvalue weighted by Gasteiger charge is 2.48. The van der Waals surface area contributed by atoms with E-state index < -0.39 is 5.97 Å². The Balaban J connectivity index is 2.77. The standard InChI is InChI=1S/C13H25NO2/c1-4-6-8-13(3)10(7-5-2)9-14-11(13)12(15)16/h10-11,14H,4-9H2,1-3H3,(H,15,16). The van der Waals surface area contributed by atoms with Crippen LogP contribution >= 0.6 is 0 Å². The molecule has 1 fully saturated rings. The van der Waals surface area contributed by atoms with Gasteiger partial charge in [0.05, 0.1) is 0 Å². The summed E-state index contributed by atoms with van der Waals surface area (Å²) in [4.78, 5) is 11.3. The van der Waals surface area contributed by atoms with Crippen LogP contribution in [0.1, 0.15) is 52.9 Å². The largest absolute Gasteiger partial charge is 0.480 e. The molecule has 0 spiro atoms. The summed E-state index contributed by atoms with van der Waals surface area (Å²) < 4.78 is 0. The maximum absolute atomic E-state index is 11.3. The maximum Gasteiger partial charge on any atom is 0.321 e. The molecule has 94 valence electrons. The maximum atomic E-state index is 11.3. The molecular weight excluding hydrogens is 202 g/mol. The fourth-order valence-electron chi connectivity index (χ4n) is 3.02. The average molecular weight is 227 g/mol. The van der Waals surface area contributed by atoms with Gasteiger partial charge < -0.3 is 10.4 Å². The van der Waals surface area contributed by atoms with E-state index in [-0.39, 0.29) is 11.5 Å². The van der Waals surface area contributed by atoms with Crippen LogP contribution in [0, 0.1) is 11.3 Å². The van der Waals surface area contributed by atoms with Gasteiger partial charge in [0, 0.05) is 0 Å². The van der Waals surface area contributed by atoms with E-state index in [4.69, 9.17) is 0 Å². The van der Waals surface area contributed by atoms with Crippen LogP contribution in [0.3, 0.4) is 0 Å². The minimum atomic E-state index is -0.683. The average Bonchev–Trinajstić information content (AvgIpc) is 2.55. The summed E-state index contributed by atoms with van der Waals surface area (Å²) in [6.07, 6.45) is 5.57. The van der Waals surface area contributed by atoms with E-state index in [1.165, 1.54) is 0 Å². The molecule has 0 saturated carbocycles. The normalized spacial score (nSPS) is 34.2. The van der Waals surface area contributed by atoms with E-state index in [1.807, 2.05) is 0 Å². The molecule has 0 aromatic heterocycles. The van der Waals surface area contributed by atoms with Gasteiger partial charge in [0.15, 0.2) is 0 Å². The summed E-state index contributed by atoms with van der Waals surface area (Å²) in [6.45, 7) is 7.36. The zero-order chi connectivity index (χ0) is 12.2. The van der Waals surface area contributed by atoms with Crippen molar-refractivity contribution in [2.24, 2.45) is 11.3 Å². The van der Waals surface area contributed by atoms with Crippen molar-refractivity contribution in [2.75, 3.05) is 6.54 Å². The van der Waals surface area contributed by atoms with Crippen molar-refractivity contribution in [3.8, 4) is 0 Å². The third-order valence-corrected chi connectivity index (χ3v) is 4.11. The van der Waals surface area contributed by atoms with Gasteiger partial charge >= 0.3 is 5.97 Å². The minimum Gasteiger partial charge on any atom is -0.480 e. The Kier molecular flexibility index (Phi) is 4.78. The molecule has 1 heterocycles. The molecule has 1 saturated heterocycles. The van der Waals surface area contributed by atoms with Crippen LogP contribution < -0.4 is 5.32 Å². The van der Waals surface area contributed by atoms with Gasteiger partial charge in [-0.05, 0) is 30.7 Å². The van der Waals surface area contributed by atoms with Crippen molar-refractivity contribution in [2.45, 2.75) is 58.9 Å². The van der Waals surface area contributed by atoms with E-state index >= 15 is 0 Å². The predicted molar refractivity (Wildman–Crippen MR) is 65.5 cm³/mol. The Bertz CT molecular complexity index is 242. The Morgan fingerprint density at radius 1 is 1.44 bits per heavy atom. The molecule has 0 aliphatic carbocycles. The molecular formula is C13H25NO2. The highest BCUT2D eigenvalue weighted by molar-refractivity contribution is 5.75. The zero-order valence-electron chi connectivity index (χ0n) is 10.8. The van der Waals surface area contributed by atoms with Crippen LogP contribution in [0.15, 0.2) is 0 Å². The monoisotopic (exact) mass is 227 g/mol. The summed E-state index contributed by atoms with van der Waals surface area (Å²) >= 11 is 0. The Labute approximate surface area is 98.6 Å². The lowest BCUT2D eigenvalue weighted by Gasteiger charge is -2.34. The van der Waals surface area contributed by atoms with E-state index in [1.54, 1.807) is 0 Å². The van der Waals surface area contributed by atoms with Crippen LogP contribution in [0.2, 0.25) is 0 Å². The van der Waals surface area contributed by atoms with Gasteiger partial charge in [-0.3, -0.25) is 4.79 Å². The number of aliphatic carboxylic acids is 1. The highest BCUT2D eigenvalue weighted by atomic mass is 16.4. The molecule has 3 heteroatoms. The first-order chi connectivity index (χ1) is 7.56. The van der Waals surface area contributed by atoms with E-state index in [0.29, 0.717) is 5.92 Å². The number of unbranched alkanes of at least 4 members (excludes halogenated alkanes) is 1. The Hall–Kier alpha value is -0.570. The van der Waals surface area contributed by atoms with Crippen molar-refractivity contribution < 1.29 is 9.90 Å². The molecule has 0 aromatic carbocycles. The number of hydrogen-bond acceptors (Lipinski definition) is 2. The predicted octanol–water partition coefficient (Wildman–Crippen LogP) is 2.66. The molecule has 16 heavy (non-hydrogen) atoms. The molecule has 3 unspecified atom stereocenters. The van der Waals surface area contributed by atoms with Gasteiger partial charge in [0.25, 0.3) is 0 Å². The molecule has 0 radical (unpaired) electrons. The molecule has 1 rings (SSSR count). The quantitative estimate of drug-likeness (QED) is 0.733. The smallest absolute Gasteiger partial charge is 0.321 e. The number of carbonyl (C=O) groups is 1. The van der Waals surface area contributed by atoms with Crippen molar-refractivity contribution in [1.29, 1.82) is 0 Å². The van der Waals surface area contributed by atoms with E-state index in [2.05, 4.69) is 26.1 Å². The second-order valence-electron chi connectivity index (χ2n) is 5.27. The summed E-state index contributed by atoms with van der Waals surface area (Å²) in [5.41, 5.74) is -0.0577. The number of carboxylic acid groups (broad SMARTS) is 1. The number of hydrogen-bond donors (Lipinski definition) is 2. The van der Waals surface area contributed by atoms with E-state index in [9.17, 15) is 9.90 Å². The first-order valence-electron chi connectivity index (χ1n) is 6.52. The van der Waals surface area contributed by atoms with Crippen LogP contribution in [0.25, 0.3) is 0 Å². The van der Waals surface area contributed by atoms with Crippen LogP contribution in [-0.2, 0) is 4.79 Å². The van der Waals surface area contributed by atoms with Crippen LogP contribution in [-0.4, -0.2) is 23.7 Å². The van der Waals surface area contributed by atoms with Gasteiger partial charge in [0.1, 0.15) is 6.04 Å². The number of nitrogens with one attached hydrogen (secondary N) is 1. The molecule has 3 nitrogen and oxygen atoms in total. The summed E-state index contributed by atoms with van der Waals surface area (Å²) in [6, 6.07) is -0.351. The molecule has 0 bridgehead atoms. The van der Waals surface area contributed by atoms with Gasteiger partial charge in [0.2, 0.25) is 0 Å². The van der Waals surface area contributed by atoms with Crippen molar-refractivity contribution in [3.63, 3.8) is 0 Å². The summed E-state index contributed by atoms with van der Waals surface area (Å²) in [5, 5.41) is 12.5. The van der Waals surface area contributed by atoms with Crippen molar-refractivity contribution >= 4 is 5.97 Å². The lowest BCUT2D eigenvalue weighted by molar-refractivity contribution is -0.142. The third-order valence-electron chi connectivity index (χ3n) is 4.11. The summed E-state index contributed by atoms with van der Waals surface area (Å²) in [5.74, 6) is -0.164. The molecule has 0 amide bonds. The molecule has 0 aromatic rings. The van der Waals surface area contributed by atoms with Crippen LogP contribution in [0.4, 0.5) is 0 Å². The summed E-state index contributed by atoms with van der Waals surface area (Å²) in [7, 11) is 0. The number of carboxylic acids is 1. The van der Waals surface area contributed by atoms with Gasteiger partial charge in [-0.1, -0.05) is 40.0 Å². The third kappa shape index (κ3) is 2.57. The molecule has 3 atom stereocenters. The Morgan fingerprint density at radius 3 is 2.62 bits per heavy atom. The van der Waals surface area contributed by atoms with Crippen molar-refractivity contribution in [1.82, 2.24) is 5.32 Å². The van der Waals surface area contributed by atoms with Crippen molar-refractivity contribution in [3.05, 3.63) is 0 Å². The topological polar surface area (TPSA) is 49.3 Å². The van der Waals surface area contributed by atoms with Crippen LogP contribution in [0.5, 0.6) is 0 Å². The second kappa shape index (κ2) is 5.67. The fraction of sp³-hybridized carbons (Fsp3) is 0.923. The lowest BCUT2D eigenvalue weighted by Crippen LogP contribution is -2.43. The zero-order valence-corrected chi connectivity index (χ0v) is 10.8. The first-order valence-corrected chi connectivity index (χ1v) is 6.52. The Morgan fingerprint density at radius 2 is 2.12 bits per heavy atom. The van der Waals surface area contributed by atoms with Gasteiger partial charge in [-0.15, -0.1) is 0 Å². The second-order valence-corrected chi connectivity index (χ2v) is 5.27. The number of rotatable bonds is 6. The van der Waals surface area contributed by atoms with E-state index in [0.717, 1.165) is 38.6 Å². The van der Waals surface area contributed by atoms with Gasteiger partial charge in [-0.2, -0.15) is 0 Å². The SMILES string of the molecule is CCCCC1(C)C(CCC)CNC1C(=O)O. The fourth-order valence-corrected chi connectivity index (χ4v) is 3.02. The van der Waals surface area contributed by atoms with Gasteiger partial charge in [-0.25, -0.2) is 0 Å². The molecule has 2 N–H and O–H groups in total. The lowest BCUT2D eigenvalue weighted by atomic mass is 9.70. The molecule has 1 aliphatic heterocycles. The first kappa shape index (κ1) is 13.5. The minimum absolute atomic E-state index is 0.0577. The molecule has 1 aliphatic rings. The highest BCUT2D eigenvalue weighted by Crippen LogP contribution is 2.43.